The van der Waals surface area contributed by atoms with Crippen molar-refractivity contribution in [3.63, 3.8) is 0 Å². The molecule has 1 atom stereocenters. The minimum Gasteiger partial charge on any atom is -0.366 e. The summed E-state index contributed by atoms with van der Waals surface area (Å²) in [7, 11) is 0. The molecule has 3 N–H and O–H groups in total. The molecule has 2 fully saturated rings. The molecular formula is C19H27N5O. The van der Waals surface area contributed by atoms with Gasteiger partial charge in [-0.05, 0) is 57.5 Å². The fourth-order valence-corrected chi connectivity index (χ4v) is 4.23. The maximum atomic E-state index is 11.8. The number of nitrogens with two attached hydrogens (primary N) is 1. The van der Waals surface area contributed by atoms with Crippen LogP contribution in [0.5, 0.6) is 0 Å². The van der Waals surface area contributed by atoms with Gasteiger partial charge in [0.1, 0.15) is 11.3 Å². The smallest absolute Gasteiger partial charge is 0.250 e. The summed E-state index contributed by atoms with van der Waals surface area (Å²) in [5.74, 6) is 1.11. The molecule has 2 aliphatic heterocycles. The van der Waals surface area contributed by atoms with E-state index in [9.17, 15) is 4.79 Å². The molecule has 0 spiro atoms. The number of hydrogen-bond donors (Lipinski definition) is 2. The minimum absolute atomic E-state index is 0.400. The van der Waals surface area contributed by atoms with Crippen LogP contribution in [0.1, 0.15) is 47.8 Å². The zero-order valence-corrected chi connectivity index (χ0v) is 14.7. The zero-order valence-electron chi connectivity index (χ0n) is 14.7. The number of benzene rings is 1. The fourth-order valence-electron chi connectivity index (χ4n) is 4.23. The van der Waals surface area contributed by atoms with Gasteiger partial charge in [0, 0.05) is 25.6 Å². The number of piperidine rings is 1. The summed E-state index contributed by atoms with van der Waals surface area (Å²) in [6.45, 7) is 6.39. The Balaban J connectivity index is 1.72. The van der Waals surface area contributed by atoms with Crippen molar-refractivity contribution in [1.82, 2.24) is 19.8 Å². The van der Waals surface area contributed by atoms with Crippen LogP contribution in [0.25, 0.3) is 11.0 Å². The van der Waals surface area contributed by atoms with E-state index in [0.29, 0.717) is 11.5 Å². The summed E-state index contributed by atoms with van der Waals surface area (Å²) < 4.78 is 2.33. The maximum Gasteiger partial charge on any atom is 0.250 e. The largest absolute Gasteiger partial charge is 0.366 e. The molecule has 1 aromatic heterocycles. The highest BCUT2D eigenvalue weighted by Gasteiger charge is 2.24. The van der Waals surface area contributed by atoms with Gasteiger partial charge in [0.15, 0.2) is 0 Å². The Bertz CT molecular complexity index is 757. The summed E-state index contributed by atoms with van der Waals surface area (Å²) in [6.07, 6.45) is 4.92. The lowest BCUT2D eigenvalue weighted by atomic mass is 9.99. The van der Waals surface area contributed by atoms with Crippen molar-refractivity contribution in [1.29, 1.82) is 0 Å². The van der Waals surface area contributed by atoms with Gasteiger partial charge < -0.3 is 20.5 Å². The highest BCUT2D eigenvalue weighted by molar-refractivity contribution is 6.04. The molecule has 6 heteroatoms. The van der Waals surface area contributed by atoms with E-state index in [0.717, 1.165) is 49.5 Å². The molecule has 134 valence electrons. The van der Waals surface area contributed by atoms with Gasteiger partial charge in [-0.3, -0.25) is 4.79 Å². The third-order valence-corrected chi connectivity index (χ3v) is 5.57. The standard InChI is InChI=1S/C19H27N5O/c20-18(25)15-6-3-7-16-17(15)22-19(14-5-4-8-21-13-14)24(16)12-11-23-9-1-2-10-23/h3,6-7,14,21H,1-2,4-5,8-13H2,(H2,20,25). The number of hydrogen-bond acceptors (Lipinski definition) is 4. The number of nitrogens with one attached hydrogen (secondary N) is 1. The molecule has 2 saturated heterocycles. The summed E-state index contributed by atoms with van der Waals surface area (Å²) in [5, 5.41) is 3.48. The molecule has 3 heterocycles. The van der Waals surface area contributed by atoms with Crippen molar-refractivity contribution in [2.45, 2.75) is 38.1 Å². The van der Waals surface area contributed by atoms with E-state index >= 15 is 0 Å². The molecule has 25 heavy (non-hydrogen) atoms. The SMILES string of the molecule is NC(=O)c1cccc2c1nc(C1CCCNC1)n2CCN1CCCC1. The molecule has 2 aromatic rings. The van der Waals surface area contributed by atoms with Gasteiger partial charge in [0.25, 0.3) is 5.91 Å². The highest BCUT2D eigenvalue weighted by Crippen LogP contribution is 2.28. The van der Waals surface area contributed by atoms with E-state index in [4.69, 9.17) is 10.7 Å². The number of nitrogens with zero attached hydrogens (tertiary/aromatic N) is 3. The van der Waals surface area contributed by atoms with Gasteiger partial charge in [-0.1, -0.05) is 6.07 Å². The number of likely N-dealkylation sites (tertiary alicyclic amines) is 1. The first kappa shape index (κ1) is 16.5. The Morgan fingerprint density at radius 2 is 2.08 bits per heavy atom. The van der Waals surface area contributed by atoms with Gasteiger partial charge in [-0.2, -0.15) is 0 Å². The number of fused-ring (bicyclic) bond motifs is 1. The normalized spacial score (nSPS) is 21.8. The maximum absolute atomic E-state index is 11.8. The number of aromatic nitrogens is 2. The van der Waals surface area contributed by atoms with Crippen molar-refractivity contribution >= 4 is 16.9 Å². The van der Waals surface area contributed by atoms with Gasteiger partial charge in [0.2, 0.25) is 0 Å². The number of rotatable bonds is 5. The Morgan fingerprint density at radius 3 is 2.80 bits per heavy atom. The van der Waals surface area contributed by atoms with E-state index < -0.39 is 5.91 Å². The topological polar surface area (TPSA) is 76.2 Å². The molecule has 4 rings (SSSR count). The number of carbonyl (C=O) groups excluding carboxylic acids is 1. The van der Waals surface area contributed by atoms with Crippen LogP contribution < -0.4 is 11.1 Å². The monoisotopic (exact) mass is 341 g/mol. The second-order valence-electron chi connectivity index (χ2n) is 7.25. The highest BCUT2D eigenvalue weighted by atomic mass is 16.1. The van der Waals surface area contributed by atoms with Crippen molar-refractivity contribution < 1.29 is 4.79 Å². The second-order valence-corrected chi connectivity index (χ2v) is 7.25. The predicted octanol–water partition coefficient (Wildman–Crippen LogP) is 1.70. The van der Waals surface area contributed by atoms with Crippen LogP contribution in [0.2, 0.25) is 0 Å². The van der Waals surface area contributed by atoms with Gasteiger partial charge in [-0.25, -0.2) is 4.98 Å². The molecule has 0 bridgehead atoms. The van der Waals surface area contributed by atoms with Crippen LogP contribution in [0.15, 0.2) is 18.2 Å². The van der Waals surface area contributed by atoms with Crippen LogP contribution in [-0.4, -0.2) is 53.1 Å². The average Bonchev–Trinajstić information content (AvgIpc) is 3.27. The van der Waals surface area contributed by atoms with Crippen molar-refractivity contribution in [2.24, 2.45) is 5.73 Å². The Morgan fingerprint density at radius 1 is 1.24 bits per heavy atom. The summed E-state index contributed by atoms with van der Waals surface area (Å²) in [5.41, 5.74) is 7.91. The van der Waals surface area contributed by atoms with Crippen LogP contribution >= 0.6 is 0 Å². The van der Waals surface area contributed by atoms with Gasteiger partial charge in [0.05, 0.1) is 11.1 Å². The molecule has 1 aromatic carbocycles. The molecule has 0 radical (unpaired) electrons. The second kappa shape index (κ2) is 7.14. The lowest BCUT2D eigenvalue weighted by molar-refractivity contribution is 0.100. The molecule has 1 amide bonds. The lowest BCUT2D eigenvalue weighted by Crippen LogP contribution is -2.31. The molecule has 6 nitrogen and oxygen atoms in total. The summed E-state index contributed by atoms with van der Waals surface area (Å²) >= 11 is 0. The number of imidazole rings is 1. The number of carbonyl (C=O) groups is 1. The van der Waals surface area contributed by atoms with Gasteiger partial charge in [-0.15, -0.1) is 0 Å². The number of para-hydroxylation sites is 1. The minimum atomic E-state index is -0.400. The van der Waals surface area contributed by atoms with E-state index in [2.05, 4.69) is 20.9 Å². The molecular weight excluding hydrogens is 314 g/mol. The molecule has 1 unspecified atom stereocenters. The third kappa shape index (κ3) is 3.28. The summed E-state index contributed by atoms with van der Waals surface area (Å²) in [6, 6.07) is 5.77. The predicted molar refractivity (Wildman–Crippen MR) is 98.8 cm³/mol. The molecule has 2 aliphatic rings. The van der Waals surface area contributed by atoms with Crippen molar-refractivity contribution in [3.05, 3.63) is 29.6 Å². The Kier molecular flexibility index (Phi) is 4.72. The molecule has 0 aliphatic carbocycles. The van der Waals surface area contributed by atoms with Crippen LogP contribution in [0.4, 0.5) is 0 Å². The fraction of sp³-hybridized carbons (Fsp3) is 0.579. The third-order valence-electron chi connectivity index (χ3n) is 5.57. The van der Waals surface area contributed by atoms with E-state index in [-0.39, 0.29) is 0 Å². The first-order valence-corrected chi connectivity index (χ1v) is 9.46. The number of amides is 1. The van der Waals surface area contributed by atoms with E-state index in [1.165, 1.54) is 32.4 Å². The zero-order chi connectivity index (χ0) is 17.2. The Hall–Kier alpha value is -1.92. The van der Waals surface area contributed by atoms with Crippen molar-refractivity contribution in [3.8, 4) is 0 Å². The van der Waals surface area contributed by atoms with Gasteiger partial charge >= 0.3 is 0 Å². The first-order chi connectivity index (χ1) is 12.2. The first-order valence-electron chi connectivity index (χ1n) is 9.46. The van der Waals surface area contributed by atoms with E-state index in [1.807, 2.05) is 6.07 Å². The van der Waals surface area contributed by atoms with Crippen LogP contribution in [0.3, 0.4) is 0 Å². The van der Waals surface area contributed by atoms with Crippen LogP contribution in [-0.2, 0) is 6.54 Å². The summed E-state index contributed by atoms with van der Waals surface area (Å²) in [4.78, 5) is 19.3. The lowest BCUT2D eigenvalue weighted by Gasteiger charge is -2.24. The quantitative estimate of drug-likeness (QED) is 0.868. The molecule has 0 saturated carbocycles. The Labute approximate surface area is 148 Å². The van der Waals surface area contributed by atoms with E-state index in [1.54, 1.807) is 6.07 Å². The van der Waals surface area contributed by atoms with Crippen LogP contribution in [0, 0.1) is 0 Å². The van der Waals surface area contributed by atoms with Crippen molar-refractivity contribution in [2.75, 3.05) is 32.7 Å². The number of primary amides is 1. The average molecular weight is 341 g/mol.